The third-order valence-corrected chi connectivity index (χ3v) is 6.66. The molecule has 0 unspecified atom stereocenters. The van der Waals surface area contributed by atoms with Crippen LogP contribution in [-0.4, -0.2) is 5.91 Å². The number of carbonyl (C=O) groups excluding carboxylic acids is 1. The first-order valence-corrected chi connectivity index (χ1v) is 10.6. The van der Waals surface area contributed by atoms with E-state index >= 15 is 0 Å². The number of amides is 1. The van der Waals surface area contributed by atoms with Crippen molar-refractivity contribution in [3.8, 4) is 11.1 Å². The van der Waals surface area contributed by atoms with Crippen molar-refractivity contribution in [2.75, 3.05) is 0 Å². The van der Waals surface area contributed by atoms with Crippen molar-refractivity contribution < 1.29 is 4.79 Å². The Balaban J connectivity index is 1.53. The number of rotatable bonds is 4. The van der Waals surface area contributed by atoms with Gasteiger partial charge in [-0.25, -0.2) is 0 Å². The highest BCUT2D eigenvalue weighted by Crippen LogP contribution is 2.59. The average Bonchev–Trinajstić information content (AvgIpc) is 3.26. The molecule has 1 N–H and O–H groups in total. The smallest absolute Gasteiger partial charge is 0.224 e. The summed E-state index contributed by atoms with van der Waals surface area (Å²) in [6.07, 6.45) is 5.06. The Morgan fingerprint density at radius 1 is 1.11 bits per heavy atom. The second-order valence-electron chi connectivity index (χ2n) is 8.45. The lowest BCUT2D eigenvalue weighted by Crippen LogP contribution is -2.26. The van der Waals surface area contributed by atoms with E-state index in [0.29, 0.717) is 6.54 Å². The van der Waals surface area contributed by atoms with E-state index in [0.717, 1.165) is 19.3 Å². The van der Waals surface area contributed by atoms with Crippen LogP contribution in [0.1, 0.15) is 37.0 Å². The maximum Gasteiger partial charge on any atom is 0.224 e. The molecule has 2 aromatic rings. The number of halogens is 2. The maximum atomic E-state index is 12.8. The van der Waals surface area contributed by atoms with E-state index in [-0.39, 0.29) is 27.6 Å². The van der Waals surface area contributed by atoms with Gasteiger partial charge in [-0.3, -0.25) is 4.79 Å². The summed E-state index contributed by atoms with van der Waals surface area (Å²) in [6.45, 7) is 4.73. The quantitative estimate of drug-likeness (QED) is 0.648. The molecule has 4 rings (SSSR count). The minimum atomic E-state index is -0.106. The van der Waals surface area contributed by atoms with Crippen LogP contribution < -0.4 is 5.32 Å². The van der Waals surface area contributed by atoms with Gasteiger partial charge < -0.3 is 5.32 Å². The first kappa shape index (κ1) is 19.5. The highest BCUT2D eigenvalue weighted by Gasteiger charge is 2.60. The van der Waals surface area contributed by atoms with E-state index in [9.17, 15) is 4.79 Å². The molecule has 28 heavy (non-hydrogen) atoms. The molecular weight excluding hydrogens is 389 g/mol. The van der Waals surface area contributed by atoms with Crippen LogP contribution in [0.5, 0.6) is 0 Å². The zero-order valence-electron chi connectivity index (χ0n) is 16.3. The van der Waals surface area contributed by atoms with Crippen molar-refractivity contribution >= 4 is 29.1 Å². The number of fused-ring (bicyclic) bond motifs is 3. The Hall–Kier alpha value is -1.77. The molecule has 0 aliphatic heterocycles. The second-order valence-corrected chi connectivity index (χ2v) is 9.46. The molecule has 2 aliphatic rings. The monoisotopic (exact) mass is 413 g/mol. The van der Waals surface area contributed by atoms with Crippen molar-refractivity contribution in [1.29, 1.82) is 0 Å². The minimum absolute atomic E-state index is 0.0764. The molecular formula is C24H25Cl2NO. The number of aryl methyl sites for hydroxylation is 1. The average molecular weight is 414 g/mol. The largest absolute Gasteiger partial charge is 0.352 e. The fourth-order valence-corrected chi connectivity index (χ4v) is 4.99. The summed E-state index contributed by atoms with van der Waals surface area (Å²) in [7, 11) is 0. The van der Waals surface area contributed by atoms with Gasteiger partial charge >= 0.3 is 0 Å². The van der Waals surface area contributed by atoms with Crippen LogP contribution in [-0.2, 0) is 24.2 Å². The van der Waals surface area contributed by atoms with E-state index in [1.54, 1.807) is 6.08 Å². The summed E-state index contributed by atoms with van der Waals surface area (Å²) in [5.41, 5.74) is 6.52. The number of nitrogens with one attached hydrogen (secondary N) is 1. The molecule has 0 saturated heterocycles. The van der Waals surface area contributed by atoms with Crippen molar-refractivity contribution in [2.24, 2.45) is 17.3 Å². The predicted molar refractivity (Wildman–Crippen MR) is 116 cm³/mol. The molecule has 0 bridgehead atoms. The van der Waals surface area contributed by atoms with Gasteiger partial charge in [0.15, 0.2) is 0 Å². The van der Waals surface area contributed by atoms with Crippen molar-refractivity contribution in [1.82, 2.24) is 5.32 Å². The summed E-state index contributed by atoms with van der Waals surface area (Å²) >= 11 is 11.6. The molecule has 4 heteroatoms. The van der Waals surface area contributed by atoms with Gasteiger partial charge in [-0.05, 0) is 64.5 Å². The van der Waals surface area contributed by atoms with Crippen molar-refractivity contribution in [3.05, 3.63) is 69.7 Å². The first-order chi connectivity index (χ1) is 13.4. The molecule has 2 atom stereocenters. The Labute approximate surface area is 176 Å². The summed E-state index contributed by atoms with van der Waals surface area (Å²) in [6, 6.07) is 15.1. The van der Waals surface area contributed by atoms with Gasteiger partial charge in [-0.2, -0.15) is 0 Å². The molecule has 1 saturated carbocycles. The summed E-state index contributed by atoms with van der Waals surface area (Å²) in [5, 5.41) is 3.16. The molecule has 0 radical (unpaired) electrons. The van der Waals surface area contributed by atoms with Gasteiger partial charge in [-0.15, -0.1) is 0 Å². The molecule has 2 aromatic carbocycles. The minimum Gasteiger partial charge on any atom is -0.352 e. The molecule has 0 aromatic heterocycles. The zero-order chi connectivity index (χ0) is 19.9. The fraction of sp³-hybridized carbons (Fsp3) is 0.375. The van der Waals surface area contributed by atoms with Crippen LogP contribution in [0.2, 0.25) is 0 Å². The molecule has 2 aliphatic carbocycles. The maximum absolute atomic E-state index is 12.8. The Bertz CT molecular complexity index is 943. The van der Waals surface area contributed by atoms with Crippen LogP contribution in [0.25, 0.3) is 11.1 Å². The van der Waals surface area contributed by atoms with E-state index in [1.165, 1.54) is 27.8 Å². The summed E-state index contributed by atoms with van der Waals surface area (Å²) < 4.78 is 0.236. The highest BCUT2D eigenvalue weighted by molar-refractivity contribution is 6.55. The molecule has 1 fully saturated rings. The lowest BCUT2D eigenvalue weighted by atomic mass is 9.93. The number of carbonyl (C=O) groups is 1. The lowest BCUT2D eigenvalue weighted by molar-refractivity contribution is -0.123. The summed E-state index contributed by atoms with van der Waals surface area (Å²) in [5.74, 6) is 0.0905. The zero-order valence-corrected chi connectivity index (χ0v) is 17.8. The first-order valence-electron chi connectivity index (χ1n) is 9.89. The van der Waals surface area contributed by atoms with Crippen LogP contribution in [0, 0.1) is 17.3 Å². The van der Waals surface area contributed by atoms with E-state index in [4.69, 9.17) is 23.2 Å². The van der Waals surface area contributed by atoms with Gasteiger partial charge in [-0.1, -0.05) is 79.5 Å². The van der Waals surface area contributed by atoms with Gasteiger partial charge in [0.05, 0.1) is 5.92 Å². The van der Waals surface area contributed by atoms with E-state index < -0.39 is 0 Å². The third-order valence-electron chi connectivity index (χ3n) is 6.41. The van der Waals surface area contributed by atoms with Gasteiger partial charge in [0.2, 0.25) is 5.91 Å². The van der Waals surface area contributed by atoms with Crippen LogP contribution in [0.4, 0.5) is 0 Å². The van der Waals surface area contributed by atoms with Gasteiger partial charge in [0.1, 0.15) is 4.49 Å². The second kappa shape index (κ2) is 7.57. The SMILES string of the molecule is CC1(C)[C@H](C=C(Cl)Cl)[C@@H]1C(=O)NCc1cccc2c1CCCc1ccccc1-2. The fourth-order valence-electron chi connectivity index (χ4n) is 4.72. The van der Waals surface area contributed by atoms with E-state index in [1.807, 2.05) is 0 Å². The number of hydrogen-bond acceptors (Lipinski definition) is 1. The Kier molecular flexibility index (Phi) is 5.28. The Morgan fingerprint density at radius 2 is 1.86 bits per heavy atom. The number of hydrogen-bond donors (Lipinski definition) is 1. The third kappa shape index (κ3) is 3.60. The number of allylic oxidation sites excluding steroid dienone is 1. The Morgan fingerprint density at radius 3 is 2.64 bits per heavy atom. The van der Waals surface area contributed by atoms with E-state index in [2.05, 4.69) is 61.6 Å². The topological polar surface area (TPSA) is 29.1 Å². The van der Waals surface area contributed by atoms with Gasteiger partial charge in [0, 0.05) is 6.54 Å². The normalized spacial score (nSPS) is 21.7. The standard InChI is InChI=1S/C24H25Cl2NO/c1-24(2)20(13-21(25)26)22(24)23(28)27-14-16-9-6-12-19-17-10-4-3-7-15(17)8-5-11-18(16)19/h3-4,6-7,9-10,12-13,20,22H,5,8,11,14H2,1-2H3,(H,27,28)/t20-,22-/m1/s1. The van der Waals surface area contributed by atoms with Crippen LogP contribution >= 0.6 is 23.2 Å². The lowest BCUT2D eigenvalue weighted by Gasteiger charge is -2.15. The number of benzene rings is 2. The highest BCUT2D eigenvalue weighted by atomic mass is 35.5. The van der Waals surface area contributed by atoms with Crippen LogP contribution in [0.3, 0.4) is 0 Å². The molecule has 0 heterocycles. The van der Waals surface area contributed by atoms with Crippen molar-refractivity contribution in [2.45, 2.75) is 39.7 Å². The van der Waals surface area contributed by atoms with Gasteiger partial charge in [0.25, 0.3) is 0 Å². The predicted octanol–water partition coefficient (Wildman–Crippen LogP) is 6.05. The summed E-state index contributed by atoms with van der Waals surface area (Å²) in [4.78, 5) is 12.8. The molecule has 146 valence electrons. The molecule has 2 nitrogen and oxygen atoms in total. The van der Waals surface area contributed by atoms with Crippen LogP contribution in [0.15, 0.2) is 53.0 Å². The van der Waals surface area contributed by atoms with Crippen molar-refractivity contribution in [3.63, 3.8) is 0 Å². The molecule has 0 spiro atoms. The molecule has 1 amide bonds.